The largest absolute Gasteiger partial charge is 0.294 e. The van der Waals surface area contributed by atoms with Gasteiger partial charge in [-0.25, -0.2) is 10.1 Å². The second-order valence-electron chi connectivity index (χ2n) is 5.97. The van der Waals surface area contributed by atoms with Gasteiger partial charge in [0.15, 0.2) is 0 Å². The summed E-state index contributed by atoms with van der Waals surface area (Å²) >= 11 is 1.48. The predicted molar refractivity (Wildman–Crippen MR) is 108 cm³/mol. The molecule has 0 saturated heterocycles. The summed E-state index contributed by atoms with van der Waals surface area (Å²) in [5, 5.41) is 10.1. The lowest BCUT2D eigenvalue weighted by Gasteiger charge is -2.14. The molecule has 0 aliphatic heterocycles. The number of carbonyl (C=O) groups is 1. The van der Waals surface area contributed by atoms with Crippen molar-refractivity contribution < 1.29 is 4.79 Å². The summed E-state index contributed by atoms with van der Waals surface area (Å²) in [6.07, 6.45) is 1.35. The van der Waals surface area contributed by atoms with Crippen molar-refractivity contribution in [2.75, 3.05) is 11.1 Å². The normalized spacial score (nSPS) is 10.9. The van der Waals surface area contributed by atoms with E-state index in [1.165, 1.54) is 18.1 Å². The summed E-state index contributed by atoms with van der Waals surface area (Å²) in [4.78, 5) is 22.1. The number of aromatic amines is 1. The Bertz CT molecular complexity index is 1080. The van der Waals surface area contributed by atoms with Gasteiger partial charge in [0.05, 0.1) is 17.0 Å². The highest BCUT2D eigenvalue weighted by molar-refractivity contribution is 8.00. The van der Waals surface area contributed by atoms with Gasteiger partial charge in [0, 0.05) is 15.8 Å². The molecule has 4 rings (SSSR count). The number of nitrogens with one attached hydrogen (secondary N) is 2. The third kappa shape index (κ3) is 3.68. The number of fused-ring (bicyclic) bond motifs is 1. The van der Waals surface area contributed by atoms with Crippen molar-refractivity contribution in [3.8, 4) is 11.3 Å². The SMILES string of the molecule is Cc1c(SCC(=O)Nc2ncn[nH]2)c(-c2ccccc2)nc2ccccc12. The summed E-state index contributed by atoms with van der Waals surface area (Å²) in [6.45, 7) is 2.08. The molecule has 134 valence electrons. The Morgan fingerprint density at radius 3 is 2.67 bits per heavy atom. The molecule has 2 aromatic heterocycles. The Labute approximate surface area is 160 Å². The molecule has 0 unspecified atom stereocenters. The third-order valence-corrected chi connectivity index (χ3v) is 5.36. The number of benzene rings is 2. The van der Waals surface area contributed by atoms with Crippen molar-refractivity contribution in [1.29, 1.82) is 0 Å². The highest BCUT2D eigenvalue weighted by Crippen LogP contribution is 2.36. The number of thioether (sulfide) groups is 1. The predicted octanol–water partition coefficient (Wildman–Crippen LogP) is 4.06. The first kappa shape index (κ1) is 17.2. The molecule has 1 amide bonds. The number of H-pyrrole nitrogens is 1. The minimum Gasteiger partial charge on any atom is -0.294 e. The zero-order valence-electron chi connectivity index (χ0n) is 14.6. The van der Waals surface area contributed by atoms with Crippen LogP contribution >= 0.6 is 11.8 Å². The van der Waals surface area contributed by atoms with E-state index < -0.39 is 0 Å². The van der Waals surface area contributed by atoms with Crippen LogP contribution in [0, 0.1) is 6.92 Å². The summed E-state index contributed by atoms with van der Waals surface area (Å²) < 4.78 is 0. The first-order valence-electron chi connectivity index (χ1n) is 8.45. The van der Waals surface area contributed by atoms with E-state index in [4.69, 9.17) is 4.98 Å². The van der Waals surface area contributed by atoms with Gasteiger partial charge in [0.25, 0.3) is 0 Å². The van der Waals surface area contributed by atoms with E-state index in [0.29, 0.717) is 5.95 Å². The van der Waals surface area contributed by atoms with Gasteiger partial charge in [-0.05, 0) is 18.6 Å². The van der Waals surface area contributed by atoms with Crippen LogP contribution in [0.3, 0.4) is 0 Å². The van der Waals surface area contributed by atoms with Crippen molar-refractivity contribution in [3.63, 3.8) is 0 Å². The average molecular weight is 375 g/mol. The van der Waals surface area contributed by atoms with Crippen LogP contribution < -0.4 is 5.32 Å². The Hall–Kier alpha value is -3.19. The first-order chi connectivity index (χ1) is 13.2. The quantitative estimate of drug-likeness (QED) is 0.514. The molecular formula is C20H17N5OS. The van der Waals surface area contributed by atoms with Crippen LogP contribution in [0.4, 0.5) is 5.95 Å². The number of amides is 1. The Morgan fingerprint density at radius 1 is 1.11 bits per heavy atom. The van der Waals surface area contributed by atoms with Crippen LogP contribution in [-0.4, -0.2) is 31.8 Å². The second-order valence-corrected chi connectivity index (χ2v) is 6.95. The van der Waals surface area contributed by atoms with Crippen molar-refractivity contribution in [3.05, 3.63) is 66.5 Å². The molecule has 0 fully saturated rings. The van der Waals surface area contributed by atoms with Crippen LogP contribution in [0.1, 0.15) is 5.56 Å². The minimum absolute atomic E-state index is 0.150. The summed E-state index contributed by atoms with van der Waals surface area (Å²) in [7, 11) is 0. The number of rotatable bonds is 5. The summed E-state index contributed by atoms with van der Waals surface area (Å²) in [5.74, 6) is 0.446. The molecule has 0 spiro atoms. The molecule has 0 radical (unpaired) electrons. The maximum atomic E-state index is 12.3. The van der Waals surface area contributed by atoms with Crippen molar-refractivity contribution in [2.45, 2.75) is 11.8 Å². The molecule has 0 bridgehead atoms. The highest BCUT2D eigenvalue weighted by Gasteiger charge is 2.16. The van der Waals surface area contributed by atoms with E-state index in [2.05, 4.69) is 33.5 Å². The Balaban J connectivity index is 1.69. The van der Waals surface area contributed by atoms with Crippen molar-refractivity contribution in [2.24, 2.45) is 0 Å². The Kier molecular flexibility index (Phi) is 4.84. The summed E-state index contributed by atoms with van der Waals surface area (Å²) in [5.41, 5.74) is 4.00. The van der Waals surface area contributed by atoms with E-state index in [0.717, 1.165) is 32.6 Å². The smallest absolute Gasteiger partial charge is 0.237 e. The topological polar surface area (TPSA) is 83.6 Å². The van der Waals surface area contributed by atoms with Gasteiger partial charge in [-0.1, -0.05) is 48.5 Å². The molecule has 0 saturated carbocycles. The Morgan fingerprint density at radius 2 is 1.89 bits per heavy atom. The molecule has 2 aromatic carbocycles. The van der Waals surface area contributed by atoms with Crippen molar-refractivity contribution >= 4 is 34.5 Å². The number of nitrogens with zero attached hydrogens (tertiary/aromatic N) is 3. The lowest BCUT2D eigenvalue weighted by molar-refractivity contribution is -0.113. The molecule has 7 heteroatoms. The number of anilines is 1. The number of aryl methyl sites for hydroxylation is 1. The van der Waals surface area contributed by atoms with E-state index in [9.17, 15) is 4.79 Å². The van der Waals surface area contributed by atoms with E-state index >= 15 is 0 Å². The number of pyridine rings is 1. The highest BCUT2D eigenvalue weighted by atomic mass is 32.2. The third-order valence-electron chi connectivity index (χ3n) is 4.16. The standard InChI is InChI=1S/C20H17N5OS/c1-13-15-9-5-6-10-16(15)23-18(14-7-3-2-4-8-14)19(13)27-11-17(26)24-20-21-12-22-25-20/h2-10,12H,11H2,1H3,(H2,21,22,24,25,26). The molecule has 0 aliphatic carbocycles. The van der Waals surface area contributed by atoms with Crippen LogP contribution in [-0.2, 0) is 4.79 Å². The molecule has 27 heavy (non-hydrogen) atoms. The maximum absolute atomic E-state index is 12.3. The monoisotopic (exact) mass is 375 g/mol. The van der Waals surface area contributed by atoms with E-state index in [1.807, 2.05) is 48.5 Å². The molecule has 2 heterocycles. The van der Waals surface area contributed by atoms with Gasteiger partial charge >= 0.3 is 0 Å². The van der Waals surface area contributed by atoms with Gasteiger partial charge in [-0.15, -0.1) is 11.8 Å². The van der Waals surface area contributed by atoms with Crippen LogP contribution in [0.2, 0.25) is 0 Å². The zero-order chi connectivity index (χ0) is 18.6. The molecule has 2 N–H and O–H groups in total. The lowest BCUT2D eigenvalue weighted by Crippen LogP contribution is -2.15. The second kappa shape index (κ2) is 7.59. The molecular weight excluding hydrogens is 358 g/mol. The number of hydrogen-bond donors (Lipinski definition) is 2. The molecule has 4 aromatic rings. The molecule has 0 atom stereocenters. The minimum atomic E-state index is -0.150. The fourth-order valence-corrected chi connectivity index (χ4v) is 3.87. The number of aromatic nitrogens is 4. The summed E-state index contributed by atoms with van der Waals surface area (Å²) in [6, 6.07) is 18.1. The first-order valence-corrected chi connectivity index (χ1v) is 9.43. The molecule has 0 aliphatic rings. The van der Waals surface area contributed by atoms with Crippen molar-refractivity contribution in [1.82, 2.24) is 20.2 Å². The number of carbonyl (C=O) groups excluding carboxylic acids is 1. The molecule has 6 nitrogen and oxygen atoms in total. The fraction of sp³-hybridized carbons (Fsp3) is 0.100. The van der Waals surface area contributed by atoms with Gasteiger partial charge in [0.2, 0.25) is 11.9 Å². The number of hydrogen-bond acceptors (Lipinski definition) is 5. The van der Waals surface area contributed by atoms with Crippen LogP contribution in [0.15, 0.2) is 65.8 Å². The van der Waals surface area contributed by atoms with Crippen LogP contribution in [0.5, 0.6) is 0 Å². The van der Waals surface area contributed by atoms with E-state index in [-0.39, 0.29) is 11.7 Å². The average Bonchev–Trinajstić information content (AvgIpc) is 3.21. The lowest BCUT2D eigenvalue weighted by atomic mass is 10.0. The van der Waals surface area contributed by atoms with E-state index in [1.54, 1.807) is 0 Å². The van der Waals surface area contributed by atoms with Gasteiger partial charge in [-0.3, -0.25) is 10.1 Å². The fourth-order valence-electron chi connectivity index (χ4n) is 2.90. The zero-order valence-corrected chi connectivity index (χ0v) is 15.5. The maximum Gasteiger partial charge on any atom is 0.237 e. The van der Waals surface area contributed by atoms with Gasteiger partial charge < -0.3 is 0 Å². The van der Waals surface area contributed by atoms with Gasteiger partial charge in [0.1, 0.15) is 6.33 Å². The van der Waals surface area contributed by atoms with Crippen LogP contribution in [0.25, 0.3) is 22.2 Å². The number of para-hydroxylation sites is 1. The van der Waals surface area contributed by atoms with Gasteiger partial charge in [-0.2, -0.15) is 10.1 Å².